The van der Waals surface area contributed by atoms with Crippen LogP contribution in [0.4, 0.5) is 0 Å². The first-order valence-corrected chi connectivity index (χ1v) is 12.7. The SMILES string of the molecule is CN1C(=O)[C@H](CN2CCCCC2)C[C@@H]1c1nc(-c2ccc3c(c2)OCO3)cn1Cc1ccccc1. The van der Waals surface area contributed by atoms with E-state index >= 15 is 0 Å². The Kier molecular flexibility index (Phi) is 5.94. The zero-order valence-electron chi connectivity index (χ0n) is 20.2. The number of nitrogens with zero attached hydrogens (tertiary/aromatic N) is 4. The molecule has 2 saturated heterocycles. The first-order valence-electron chi connectivity index (χ1n) is 12.7. The molecule has 2 atom stereocenters. The molecule has 3 aliphatic heterocycles. The molecule has 7 nitrogen and oxygen atoms in total. The molecular weight excluding hydrogens is 440 g/mol. The van der Waals surface area contributed by atoms with Crippen molar-refractivity contribution in [1.29, 1.82) is 0 Å². The van der Waals surface area contributed by atoms with E-state index in [1.165, 1.54) is 24.8 Å². The molecule has 0 unspecified atom stereocenters. The maximum atomic E-state index is 13.3. The standard InChI is InChI=1S/C28H32N4O3/c1-30-24(14-22(28(30)33)17-31-12-6-3-7-13-31)27-29-23(18-32(27)16-20-8-4-2-5-9-20)21-10-11-25-26(15-21)35-19-34-25/h2,4-5,8-11,15,18,22,24H,3,6-7,12-14,16-17,19H2,1H3/t22-,24+/m0/s1. The van der Waals surface area contributed by atoms with Crippen LogP contribution in [0, 0.1) is 5.92 Å². The van der Waals surface area contributed by atoms with E-state index in [0.29, 0.717) is 6.54 Å². The number of fused-ring (bicyclic) bond motifs is 1. The highest BCUT2D eigenvalue weighted by molar-refractivity contribution is 5.81. The lowest BCUT2D eigenvalue weighted by Crippen LogP contribution is -2.37. The van der Waals surface area contributed by atoms with Gasteiger partial charge in [-0.1, -0.05) is 36.8 Å². The fourth-order valence-electron chi connectivity index (χ4n) is 5.65. The molecule has 3 aromatic rings. The van der Waals surface area contributed by atoms with E-state index in [2.05, 4.69) is 39.9 Å². The van der Waals surface area contributed by atoms with E-state index in [-0.39, 0.29) is 24.7 Å². The third kappa shape index (κ3) is 4.41. The van der Waals surface area contributed by atoms with Gasteiger partial charge in [-0.15, -0.1) is 0 Å². The summed E-state index contributed by atoms with van der Waals surface area (Å²) >= 11 is 0. The van der Waals surface area contributed by atoms with Gasteiger partial charge in [-0.25, -0.2) is 4.98 Å². The van der Waals surface area contributed by atoms with Crippen molar-refractivity contribution < 1.29 is 14.3 Å². The second-order valence-corrected chi connectivity index (χ2v) is 9.92. The molecule has 6 rings (SSSR count). The van der Waals surface area contributed by atoms with Crippen LogP contribution in [-0.4, -0.2) is 58.7 Å². The first-order chi connectivity index (χ1) is 17.2. The Hall–Kier alpha value is -3.32. The second kappa shape index (κ2) is 9.38. The molecule has 182 valence electrons. The van der Waals surface area contributed by atoms with Crippen molar-refractivity contribution in [3.8, 4) is 22.8 Å². The average molecular weight is 473 g/mol. The van der Waals surface area contributed by atoms with Crippen molar-refractivity contribution in [3.05, 3.63) is 66.1 Å². The van der Waals surface area contributed by atoms with Gasteiger partial charge in [0.15, 0.2) is 11.5 Å². The third-order valence-electron chi connectivity index (χ3n) is 7.57. The van der Waals surface area contributed by atoms with Gasteiger partial charge in [-0.05, 0) is 56.1 Å². The summed E-state index contributed by atoms with van der Waals surface area (Å²) in [6, 6.07) is 16.3. The lowest BCUT2D eigenvalue weighted by molar-refractivity contribution is -0.131. The number of benzene rings is 2. The Morgan fingerprint density at radius 3 is 2.63 bits per heavy atom. The minimum Gasteiger partial charge on any atom is -0.454 e. The molecule has 0 spiro atoms. The van der Waals surface area contributed by atoms with Gasteiger partial charge in [0.2, 0.25) is 12.7 Å². The van der Waals surface area contributed by atoms with Gasteiger partial charge in [0.25, 0.3) is 0 Å². The minimum absolute atomic E-state index is 0.0268. The number of likely N-dealkylation sites (tertiary alicyclic amines) is 2. The summed E-state index contributed by atoms with van der Waals surface area (Å²) < 4.78 is 13.3. The Morgan fingerprint density at radius 2 is 1.80 bits per heavy atom. The molecule has 4 heterocycles. The monoisotopic (exact) mass is 472 g/mol. The van der Waals surface area contributed by atoms with E-state index in [1.807, 2.05) is 36.2 Å². The minimum atomic E-state index is -0.0382. The quantitative estimate of drug-likeness (QED) is 0.534. The molecule has 0 N–H and O–H groups in total. The summed E-state index contributed by atoms with van der Waals surface area (Å²) in [5, 5.41) is 0. The molecule has 35 heavy (non-hydrogen) atoms. The molecule has 2 aromatic carbocycles. The van der Waals surface area contributed by atoms with Crippen molar-refractivity contribution >= 4 is 5.91 Å². The van der Waals surface area contributed by atoms with Crippen LogP contribution in [0.25, 0.3) is 11.3 Å². The van der Waals surface area contributed by atoms with Crippen LogP contribution in [0.2, 0.25) is 0 Å². The topological polar surface area (TPSA) is 59.8 Å². The summed E-state index contributed by atoms with van der Waals surface area (Å²) in [5.41, 5.74) is 3.08. The van der Waals surface area contributed by atoms with Gasteiger partial charge in [0.1, 0.15) is 5.82 Å². The molecule has 1 aromatic heterocycles. The van der Waals surface area contributed by atoms with Crippen LogP contribution >= 0.6 is 0 Å². The van der Waals surface area contributed by atoms with E-state index < -0.39 is 0 Å². The fraction of sp³-hybridized carbons (Fsp3) is 0.429. The third-order valence-corrected chi connectivity index (χ3v) is 7.57. The van der Waals surface area contributed by atoms with Gasteiger partial charge < -0.3 is 23.8 Å². The van der Waals surface area contributed by atoms with Gasteiger partial charge >= 0.3 is 0 Å². The van der Waals surface area contributed by atoms with Crippen LogP contribution in [0.15, 0.2) is 54.7 Å². The molecule has 0 bridgehead atoms. The van der Waals surface area contributed by atoms with Gasteiger partial charge in [0.05, 0.1) is 17.7 Å². The molecule has 2 fully saturated rings. The van der Waals surface area contributed by atoms with Crippen LogP contribution in [0.5, 0.6) is 11.5 Å². The highest BCUT2D eigenvalue weighted by Gasteiger charge is 2.41. The van der Waals surface area contributed by atoms with Gasteiger partial charge in [-0.2, -0.15) is 0 Å². The molecule has 3 aliphatic rings. The van der Waals surface area contributed by atoms with Crippen LogP contribution in [0.3, 0.4) is 0 Å². The number of hydrogen-bond acceptors (Lipinski definition) is 5. The van der Waals surface area contributed by atoms with Crippen molar-refractivity contribution in [3.63, 3.8) is 0 Å². The molecule has 1 amide bonds. The van der Waals surface area contributed by atoms with Crippen LogP contribution in [-0.2, 0) is 11.3 Å². The summed E-state index contributed by atoms with van der Waals surface area (Å²) in [6.07, 6.45) is 6.69. The Morgan fingerprint density at radius 1 is 1.00 bits per heavy atom. The molecule has 0 saturated carbocycles. The van der Waals surface area contributed by atoms with Crippen molar-refractivity contribution in [2.45, 2.75) is 38.3 Å². The Bertz CT molecular complexity index is 1200. The van der Waals surface area contributed by atoms with E-state index in [0.717, 1.165) is 54.6 Å². The predicted octanol–water partition coefficient (Wildman–Crippen LogP) is 4.33. The van der Waals surface area contributed by atoms with E-state index in [9.17, 15) is 4.79 Å². The number of carbonyl (C=O) groups excluding carboxylic acids is 1. The van der Waals surface area contributed by atoms with Gasteiger partial charge in [-0.3, -0.25) is 4.79 Å². The maximum absolute atomic E-state index is 13.3. The summed E-state index contributed by atoms with van der Waals surface area (Å²) in [6.45, 7) is 4.03. The second-order valence-electron chi connectivity index (χ2n) is 9.92. The van der Waals surface area contributed by atoms with E-state index in [1.54, 1.807) is 0 Å². The smallest absolute Gasteiger partial charge is 0.231 e. The highest BCUT2D eigenvalue weighted by atomic mass is 16.7. The van der Waals surface area contributed by atoms with Crippen LogP contribution in [0.1, 0.15) is 43.1 Å². The van der Waals surface area contributed by atoms with Crippen LogP contribution < -0.4 is 9.47 Å². The molecular formula is C28H32N4O3. The molecule has 7 heteroatoms. The first kappa shape index (κ1) is 22.2. The lowest BCUT2D eigenvalue weighted by atomic mass is 10.0. The largest absolute Gasteiger partial charge is 0.454 e. The van der Waals surface area contributed by atoms with Crippen molar-refractivity contribution in [2.75, 3.05) is 33.5 Å². The molecule has 0 radical (unpaired) electrons. The summed E-state index contributed by atoms with van der Waals surface area (Å²) in [7, 11) is 1.94. The zero-order valence-corrected chi connectivity index (χ0v) is 20.2. The van der Waals surface area contributed by atoms with Crippen molar-refractivity contribution in [2.24, 2.45) is 5.92 Å². The van der Waals surface area contributed by atoms with Crippen molar-refractivity contribution in [1.82, 2.24) is 19.4 Å². The molecule has 0 aliphatic carbocycles. The Labute approximate surface area is 206 Å². The normalized spacial score (nSPS) is 22.2. The number of carbonyl (C=O) groups is 1. The summed E-state index contributed by atoms with van der Waals surface area (Å²) in [4.78, 5) is 22.8. The number of rotatable bonds is 6. The highest BCUT2D eigenvalue weighted by Crippen LogP contribution is 2.39. The van der Waals surface area contributed by atoms with Gasteiger partial charge in [0, 0.05) is 31.9 Å². The number of aromatic nitrogens is 2. The maximum Gasteiger partial charge on any atom is 0.231 e. The van der Waals surface area contributed by atoms with E-state index in [4.69, 9.17) is 14.5 Å². The summed E-state index contributed by atoms with van der Waals surface area (Å²) in [5.74, 6) is 2.72. The zero-order chi connectivity index (χ0) is 23.8. The number of amides is 1. The number of imidazole rings is 1. The number of ether oxygens (including phenoxy) is 2. The lowest BCUT2D eigenvalue weighted by Gasteiger charge is -2.28. The fourth-order valence-corrected chi connectivity index (χ4v) is 5.65. The predicted molar refractivity (Wildman–Crippen MR) is 133 cm³/mol. The number of piperidine rings is 1. The number of hydrogen-bond donors (Lipinski definition) is 0. The Balaban J connectivity index is 1.32. The average Bonchev–Trinajstić information content (AvgIpc) is 3.59.